The van der Waals surface area contributed by atoms with E-state index in [1.54, 1.807) is 12.3 Å². The predicted molar refractivity (Wildman–Crippen MR) is 59.6 cm³/mol. The van der Waals surface area contributed by atoms with Crippen LogP contribution in [0.25, 0.3) is 0 Å². The van der Waals surface area contributed by atoms with Crippen LogP contribution in [0.5, 0.6) is 0 Å². The lowest BCUT2D eigenvalue weighted by Crippen LogP contribution is -2.24. The van der Waals surface area contributed by atoms with Crippen molar-refractivity contribution < 1.29 is 0 Å². The number of hydrogen-bond acceptors (Lipinski definition) is 3. The van der Waals surface area contributed by atoms with E-state index in [9.17, 15) is 0 Å². The minimum atomic E-state index is 0.425. The molecule has 1 unspecified atom stereocenters. The van der Waals surface area contributed by atoms with Crippen LogP contribution in [0.15, 0.2) is 12.3 Å². The van der Waals surface area contributed by atoms with Crippen molar-refractivity contribution in [1.29, 1.82) is 0 Å². The van der Waals surface area contributed by atoms with E-state index in [4.69, 9.17) is 11.6 Å². The molecule has 0 spiro atoms. The van der Waals surface area contributed by atoms with Crippen LogP contribution in [-0.2, 0) is 0 Å². The van der Waals surface area contributed by atoms with Crippen molar-refractivity contribution in [3.63, 3.8) is 0 Å². The molecule has 0 aliphatic heterocycles. The first kappa shape index (κ1) is 11.2. The SMILES string of the molecule is CCC(Nc1cnnc(Cl)c1)C(C)C. The van der Waals surface area contributed by atoms with Crippen LogP contribution < -0.4 is 5.32 Å². The van der Waals surface area contributed by atoms with Gasteiger partial charge in [0.25, 0.3) is 0 Å². The topological polar surface area (TPSA) is 37.8 Å². The molecular formula is C10H16ClN3. The Labute approximate surface area is 89.9 Å². The molecule has 0 saturated heterocycles. The minimum absolute atomic E-state index is 0.425. The Morgan fingerprint density at radius 3 is 2.71 bits per heavy atom. The van der Waals surface area contributed by atoms with E-state index in [0.29, 0.717) is 17.1 Å². The fourth-order valence-electron chi connectivity index (χ4n) is 1.37. The van der Waals surface area contributed by atoms with Gasteiger partial charge in [-0.15, -0.1) is 5.10 Å². The van der Waals surface area contributed by atoms with Gasteiger partial charge in [-0.05, 0) is 12.3 Å². The lowest BCUT2D eigenvalue weighted by Gasteiger charge is -2.21. The Hall–Kier alpha value is -0.830. The van der Waals surface area contributed by atoms with Crippen LogP contribution in [0.3, 0.4) is 0 Å². The van der Waals surface area contributed by atoms with Crippen molar-refractivity contribution in [2.75, 3.05) is 5.32 Å². The largest absolute Gasteiger partial charge is 0.381 e. The van der Waals surface area contributed by atoms with E-state index in [1.807, 2.05) is 0 Å². The van der Waals surface area contributed by atoms with Crippen molar-refractivity contribution in [2.45, 2.75) is 33.2 Å². The quantitative estimate of drug-likeness (QED) is 0.836. The molecule has 1 N–H and O–H groups in total. The predicted octanol–water partition coefficient (Wildman–Crippen LogP) is 2.98. The highest BCUT2D eigenvalue weighted by molar-refractivity contribution is 6.29. The number of halogens is 1. The first-order valence-corrected chi connectivity index (χ1v) is 5.26. The van der Waals surface area contributed by atoms with Crippen LogP contribution in [0.4, 0.5) is 5.69 Å². The maximum absolute atomic E-state index is 5.74. The van der Waals surface area contributed by atoms with Gasteiger partial charge in [-0.3, -0.25) is 0 Å². The number of anilines is 1. The Balaban J connectivity index is 2.67. The first-order chi connectivity index (χ1) is 6.63. The maximum atomic E-state index is 5.74. The number of nitrogens with one attached hydrogen (secondary N) is 1. The highest BCUT2D eigenvalue weighted by Crippen LogP contribution is 2.16. The molecule has 1 aromatic rings. The van der Waals surface area contributed by atoms with Crippen molar-refractivity contribution >= 4 is 17.3 Å². The normalized spacial score (nSPS) is 12.9. The summed E-state index contributed by atoms with van der Waals surface area (Å²) >= 11 is 5.74. The maximum Gasteiger partial charge on any atom is 0.153 e. The molecule has 0 aromatic carbocycles. The van der Waals surface area contributed by atoms with E-state index in [-0.39, 0.29) is 0 Å². The molecule has 4 heteroatoms. The number of aromatic nitrogens is 2. The lowest BCUT2D eigenvalue weighted by atomic mass is 10.0. The third-order valence-corrected chi connectivity index (χ3v) is 2.41. The fourth-order valence-corrected chi connectivity index (χ4v) is 1.54. The molecule has 0 fully saturated rings. The van der Waals surface area contributed by atoms with E-state index < -0.39 is 0 Å². The molecule has 0 saturated carbocycles. The third-order valence-electron chi connectivity index (χ3n) is 2.22. The van der Waals surface area contributed by atoms with Crippen LogP contribution in [0, 0.1) is 5.92 Å². The average molecular weight is 214 g/mol. The zero-order chi connectivity index (χ0) is 10.6. The van der Waals surface area contributed by atoms with Crippen LogP contribution in [0.2, 0.25) is 5.15 Å². The summed E-state index contributed by atoms with van der Waals surface area (Å²) in [6.07, 6.45) is 2.77. The Bertz CT molecular complexity index is 288. The second-order valence-electron chi connectivity index (χ2n) is 3.67. The number of nitrogens with zero attached hydrogens (tertiary/aromatic N) is 2. The molecule has 0 radical (unpaired) electrons. The van der Waals surface area contributed by atoms with Crippen molar-refractivity contribution in [3.8, 4) is 0 Å². The molecule has 0 aliphatic rings. The Kier molecular flexibility index (Phi) is 4.14. The summed E-state index contributed by atoms with van der Waals surface area (Å²) in [7, 11) is 0. The summed E-state index contributed by atoms with van der Waals surface area (Å²) in [6, 6.07) is 2.25. The molecule has 0 aliphatic carbocycles. The number of rotatable bonds is 4. The summed E-state index contributed by atoms with van der Waals surface area (Å²) in [5, 5.41) is 11.3. The van der Waals surface area contributed by atoms with Crippen molar-refractivity contribution in [2.24, 2.45) is 5.92 Å². The molecule has 1 rings (SSSR count). The van der Waals surface area contributed by atoms with E-state index in [0.717, 1.165) is 12.1 Å². The van der Waals surface area contributed by atoms with Gasteiger partial charge in [0.1, 0.15) is 0 Å². The second kappa shape index (κ2) is 5.15. The summed E-state index contributed by atoms with van der Waals surface area (Å²) < 4.78 is 0. The lowest BCUT2D eigenvalue weighted by molar-refractivity contribution is 0.511. The van der Waals surface area contributed by atoms with Gasteiger partial charge >= 0.3 is 0 Å². The van der Waals surface area contributed by atoms with Gasteiger partial charge in [-0.25, -0.2) is 0 Å². The molecule has 3 nitrogen and oxygen atoms in total. The molecule has 14 heavy (non-hydrogen) atoms. The van der Waals surface area contributed by atoms with Gasteiger partial charge < -0.3 is 5.32 Å². The highest BCUT2D eigenvalue weighted by atomic mass is 35.5. The zero-order valence-electron chi connectivity index (χ0n) is 8.79. The third kappa shape index (κ3) is 3.14. The molecule has 1 atom stereocenters. The molecule has 1 heterocycles. The van der Waals surface area contributed by atoms with E-state index in [2.05, 4.69) is 36.3 Å². The summed E-state index contributed by atoms with van der Waals surface area (Å²) in [6.45, 7) is 6.54. The fraction of sp³-hybridized carbons (Fsp3) is 0.600. The van der Waals surface area contributed by atoms with Crippen molar-refractivity contribution in [3.05, 3.63) is 17.4 Å². The first-order valence-electron chi connectivity index (χ1n) is 4.88. The van der Waals surface area contributed by atoms with Gasteiger partial charge in [-0.1, -0.05) is 32.4 Å². The summed E-state index contributed by atoms with van der Waals surface area (Å²) in [5.41, 5.74) is 0.936. The molecule has 0 bridgehead atoms. The smallest absolute Gasteiger partial charge is 0.153 e. The van der Waals surface area contributed by atoms with Gasteiger partial charge in [0.15, 0.2) is 5.15 Å². The zero-order valence-corrected chi connectivity index (χ0v) is 9.54. The van der Waals surface area contributed by atoms with Crippen LogP contribution in [-0.4, -0.2) is 16.2 Å². The average Bonchev–Trinajstić information content (AvgIpc) is 2.14. The monoisotopic (exact) mass is 213 g/mol. The van der Waals surface area contributed by atoms with Gasteiger partial charge in [0.05, 0.1) is 11.9 Å². The second-order valence-corrected chi connectivity index (χ2v) is 4.06. The molecular weight excluding hydrogens is 198 g/mol. The molecule has 0 amide bonds. The Morgan fingerprint density at radius 1 is 1.50 bits per heavy atom. The van der Waals surface area contributed by atoms with E-state index >= 15 is 0 Å². The minimum Gasteiger partial charge on any atom is -0.381 e. The summed E-state index contributed by atoms with van der Waals surface area (Å²) in [5.74, 6) is 0.590. The van der Waals surface area contributed by atoms with Crippen LogP contribution >= 0.6 is 11.6 Å². The van der Waals surface area contributed by atoms with E-state index in [1.165, 1.54) is 0 Å². The summed E-state index contributed by atoms with van der Waals surface area (Å²) in [4.78, 5) is 0. The molecule has 78 valence electrons. The standard InChI is InChI=1S/C10H16ClN3/c1-4-9(7(2)3)13-8-5-10(11)14-12-6-8/h5-7,9H,4H2,1-3H3,(H,13,14). The van der Waals surface area contributed by atoms with Crippen molar-refractivity contribution in [1.82, 2.24) is 10.2 Å². The molecule has 1 aromatic heterocycles. The van der Waals surface area contributed by atoms with Gasteiger partial charge in [0, 0.05) is 12.1 Å². The number of hydrogen-bond donors (Lipinski definition) is 1. The highest BCUT2D eigenvalue weighted by Gasteiger charge is 2.10. The Morgan fingerprint density at radius 2 is 2.21 bits per heavy atom. The van der Waals surface area contributed by atoms with Gasteiger partial charge in [0.2, 0.25) is 0 Å². The van der Waals surface area contributed by atoms with Crippen LogP contribution in [0.1, 0.15) is 27.2 Å². The van der Waals surface area contributed by atoms with Gasteiger partial charge in [-0.2, -0.15) is 5.10 Å².